The zero-order chi connectivity index (χ0) is 18.8. The second kappa shape index (κ2) is 12.7. The maximum Gasteiger partial charge on any atom is 0.191 e. The molecule has 7 nitrogen and oxygen atoms in total. The van der Waals surface area contributed by atoms with Crippen LogP contribution in [0.1, 0.15) is 43.4 Å². The lowest BCUT2D eigenvalue weighted by atomic mass is 10.3. The van der Waals surface area contributed by atoms with Crippen molar-refractivity contribution in [1.82, 2.24) is 30.0 Å². The quantitative estimate of drug-likeness (QED) is 0.234. The van der Waals surface area contributed by atoms with Crippen LogP contribution >= 0.6 is 24.0 Å². The lowest BCUT2D eigenvalue weighted by Gasteiger charge is -2.11. The molecule has 0 aliphatic carbocycles. The largest absolute Gasteiger partial charge is 0.357 e. The molecule has 2 N–H and O–H groups in total. The summed E-state index contributed by atoms with van der Waals surface area (Å²) in [5.74, 6) is 1.98. The van der Waals surface area contributed by atoms with Gasteiger partial charge in [-0.05, 0) is 53.0 Å². The fraction of sp³-hybridized carbons (Fsp3) is 0.632. The van der Waals surface area contributed by atoms with E-state index in [0.29, 0.717) is 0 Å². The predicted molar refractivity (Wildman–Crippen MR) is 122 cm³/mol. The molecule has 0 saturated carbocycles. The van der Waals surface area contributed by atoms with Crippen molar-refractivity contribution in [3.05, 3.63) is 35.7 Å². The Morgan fingerprint density at radius 3 is 2.56 bits per heavy atom. The van der Waals surface area contributed by atoms with Crippen molar-refractivity contribution in [2.45, 2.75) is 60.0 Å². The highest BCUT2D eigenvalue weighted by molar-refractivity contribution is 14.0. The number of guanidine groups is 1. The van der Waals surface area contributed by atoms with Gasteiger partial charge in [0.2, 0.25) is 0 Å². The maximum atomic E-state index is 4.66. The van der Waals surface area contributed by atoms with Crippen LogP contribution in [0.5, 0.6) is 0 Å². The molecule has 0 aliphatic rings. The first-order valence-corrected chi connectivity index (χ1v) is 9.61. The molecule has 0 aromatic carbocycles. The van der Waals surface area contributed by atoms with Gasteiger partial charge in [-0.15, -0.1) is 24.0 Å². The van der Waals surface area contributed by atoms with Crippen molar-refractivity contribution in [2.24, 2.45) is 4.99 Å². The number of nitrogens with one attached hydrogen (secondary N) is 2. The molecule has 27 heavy (non-hydrogen) atoms. The van der Waals surface area contributed by atoms with Gasteiger partial charge in [0.15, 0.2) is 5.96 Å². The van der Waals surface area contributed by atoms with Crippen molar-refractivity contribution < 1.29 is 0 Å². The molecular formula is C19H34IN7. The summed E-state index contributed by atoms with van der Waals surface area (Å²) in [4.78, 5) is 8.92. The van der Waals surface area contributed by atoms with Crippen LogP contribution in [0, 0.1) is 20.8 Å². The predicted octanol–water partition coefficient (Wildman–Crippen LogP) is 3.05. The van der Waals surface area contributed by atoms with Crippen LogP contribution < -0.4 is 10.6 Å². The molecule has 2 aromatic heterocycles. The summed E-state index contributed by atoms with van der Waals surface area (Å²) in [6.45, 7) is 12.8. The molecule has 8 heteroatoms. The van der Waals surface area contributed by atoms with E-state index in [0.717, 1.165) is 69.5 Å². The molecule has 2 aromatic rings. The Morgan fingerprint density at radius 1 is 1.11 bits per heavy atom. The van der Waals surface area contributed by atoms with E-state index in [2.05, 4.69) is 54.9 Å². The fourth-order valence-corrected chi connectivity index (χ4v) is 2.91. The summed E-state index contributed by atoms with van der Waals surface area (Å²) >= 11 is 0. The van der Waals surface area contributed by atoms with Gasteiger partial charge in [0.05, 0.1) is 5.69 Å². The fourth-order valence-electron chi connectivity index (χ4n) is 2.91. The molecular weight excluding hydrogens is 453 g/mol. The van der Waals surface area contributed by atoms with Crippen molar-refractivity contribution in [2.75, 3.05) is 19.6 Å². The Hall–Kier alpha value is -1.58. The number of aromatic nitrogens is 4. The number of hydrogen-bond donors (Lipinski definition) is 2. The number of hydrogen-bond acceptors (Lipinski definition) is 3. The third kappa shape index (κ3) is 8.32. The molecule has 2 heterocycles. The van der Waals surface area contributed by atoms with E-state index in [-0.39, 0.29) is 24.0 Å². The lowest BCUT2D eigenvalue weighted by molar-refractivity contribution is 0.565. The zero-order valence-corrected chi connectivity index (χ0v) is 19.4. The Morgan fingerprint density at radius 2 is 1.93 bits per heavy atom. The first-order chi connectivity index (χ1) is 12.6. The number of aliphatic imine (C=N–C) groups is 1. The van der Waals surface area contributed by atoms with Gasteiger partial charge in [-0.2, -0.15) is 5.10 Å². The van der Waals surface area contributed by atoms with E-state index in [1.807, 2.05) is 26.2 Å². The monoisotopic (exact) mass is 487 g/mol. The average Bonchev–Trinajstić information content (AvgIpc) is 3.15. The Balaban J connectivity index is 0.00000364. The second-order valence-electron chi connectivity index (χ2n) is 6.57. The van der Waals surface area contributed by atoms with Crippen LogP contribution in [0.3, 0.4) is 0 Å². The number of nitrogens with zero attached hydrogens (tertiary/aromatic N) is 5. The van der Waals surface area contributed by atoms with Crippen LogP contribution in [0.2, 0.25) is 0 Å². The summed E-state index contributed by atoms with van der Waals surface area (Å²) in [6, 6.07) is 2.11. The van der Waals surface area contributed by atoms with Crippen LogP contribution in [0.4, 0.5) is 0 Å². The van der Waals surface area contributed by atoms with E-state index < -0.39 is 0 Å². The highest BCUT2D eigenvalue weighted by Crippen LogP contribution is 2.02. The third-order valence-electron chi connectivity index (χ3n) is 4.29. The minimum absolute atomic E-state index is 0. The van der Waals surface area contributed by atoms with E-state index in [1.54, 1.807) is 0 Å². The molecule has 0 radical (unpaired) electrons. The average molecular weight is 487 g/mol. The summed E-state index contributed by atoms with van der Waals surface area (Å²) in [5, 5.41) is 11.2. The summed E-state index contributed by atoms with van der Waals surface area (Å²) in [7, 11) is 0. The van der Waals surface area contributed by atoms with Gasteiger partial charge < -0.3 is 15.2 Å². The standard InChI is InChI=1S/C19H33N7.HI/c1-5-20-19(22-9-6-7-12-25-14-11-21-18(25)4)23-10-8-13-26-17(3)15-16(2)24-26;/h11,14-15H,5-10,12-13H2,1-4H3,(H2,20,22,23);1H. The van der Waals surface area contributed by atoms with Crippen LogP contribution in [0.15, 0.2) is 23.5 Å². The van der Waals surface area contributed by atoms with Crippen LogP contribution in [0.25, 0.3) is 0 Å². The maximum absolute atomic E-state index is 4.66. The number of halogens is 1. The molecule has 0 aliphatic heterocycles. The minimum atomic E-state index is 0. The van der Waals surface area contributed by atoms with Gasteiger partial charge in [0.25, 0.3) is 0 Å². The van der Waals surface area contributed by atoms with Crippen molar-refractivity contribution in [3.63, 3.8) is 0 Å². The summed E-state index contributed by atoms with van der Waals surface area (Å²) in [6.07, 6.45) is 7.11. The number of unbranched alkanes of at least 4 members (excludes halogenated alkanes) is 1. The summed E-state index contributed by atoms with van der Waals surface area (Å²) in [5.41, 5.74) is 2.29. The molecule has 0 unspecified atom stereocenters. The van der Waals surface area contributed by atoms with Crippen LogP contribution in [-0.2, 0) is 13.1 Å². The van der Waals surface area contributed by atoms with Gasteiger partial charge >= 0.3 is 0 Å². The molecule has 0 atom stereocenters. The molecule has 152 valence electrons. The van der Waals surface area contributed by atoms with Crippen molar-refractivity contribution in [1.29, 1.82) is 0 Å². The van der Waals surface area contributed by atoms with Crippen molar-refractivity contribution >= 4 is 29.9 Å². The highest BCUT2D eigenvalue weighted by Gasteiger charge is 2.01. The van der Waals surface area contributed by atoms with Gasteiger partial charge in [-0.3, -0.25) is 9.67 Å². The van der Waals surface area contributed by atoms with E-state index in [4.69, 9.17) is 0 Å². The van der Waals surface area contributed by atoms with E-state index in [1.165, 1.54) is 5.69 Å². The molecule has 0 spiro atoms. The van der Waals surface area contributed by atoms with Gasteiger partial charge in [-0.1, -0.05) is 0 Å². The Kier molecular flexibility index (Phi) is 11.1. The van der Waals surface area contributed by atoms with Gasteiger partial charge in [0, 0.05) is 50.8 Å². The molecule has 0 saturated heterocycles. The van der Waals surface area contributed by atoms with Gasteiger partial charge in [-0.25, -0.2) is 4.98 Å². The Labute approximate surface area is 180 Å². The molecule has 2 rings (SSSR count). The number of rotatable bonds is 10. The normalized spacial score (nSPS) is 11.3. The SMILES string of the molecule is CCNC(=NCCCn1nc(C)cc1C)NCCCCn1ccnc1C.I. The van der Waals surface area contributed by atoms with E-state index >= 15 is 0 Å². The minimum Gasteiger partial charge on any atom is -0.357 e. The molecule has 0 bridgehead atoms. The third-order valence-corrected chi connectivity index (χ3v) is 4.29. The van der Waals surface area contributed by atoms with Crippen LogP contribution in [-0.4, -0.2) is 44.9 Å². The number of imidazole rings is 1. The second-order valence-corrected chi connectivity index (χ2v) is 6.57. The lowest BCUT2D eigenvalue weighted by Crippen LogP contribution is -2.38. The summed E-state index contributed by atoms with van der Waals surface area (Å²) < 4.78 is 4.25. The molecule has 0 amide bonds. The highest BCUT2D eigenvalue weighted by atomic mass is 127. The first-order valence-electron chi connectivity index (χ1n) is 9.61. The van der Waals surface area contributed by atoms with Gasteiger partial charge in [0.1, 0.15) is 5.82 Å². The van der Waals surface area contributed by atoms with Crippen molar-refractivity contribution in [3.8, 4) is 0 Å². The Bertz CT molecular complexity index is 690. The van der Waals surface area contributed by atoms with E-state index in [9.17, 15) is 0 Å². The number of aryl methyl sites for hydroxylation is 5. The smallest absolute Gasteiger partial charge is 0.191 e. The topological polar surface area (TPSA) is 72.1 Å². The first kappa shape index (κ1) is 23.5. The molecule has 0 fully saturated rings. The zero-order valence-electron chi connectivity index (χ0n) is 17.0.